The highest BCUT2D eigenvalue weighted by molar-refractivity contribution is 6.03. The Hall–Kier alpha value is -1.18. The summed E-state index contributed by atoms with van der Waals surface area (Å²) in [7, 11) is 0. The van der Waals surface area contributed by atoms with Crippen molar-refractivity contribution >= 4 is 5.78 Å². The van der Waals surface area contributed by atoms with Crippen molar-refractivity contribution in [2.24, 2.45) is 17.3 Å². The molecule has 0 aromatic carbocycles. The monoisotopic (exact) mass is 260 g/mol. The molecule has 0 aromatic heterocycles. The molecule has 4 heteroatoms. The molecule has 2 aliphatic heterocycles. The van der Waals surface area contributed by atoms with E-state index in [1.165, 1.54) is 0 Å². The summed E-state index contributed by atoms with van der Waals surface area (Å²) in [4.78, 5) is 14.8. The van der Waals surface area contributed by atoms with E-state index in [-0.39, 0.29) is 5.78 Å². The van der Waals surface area contributed by atoms with Crippen molar-refractivity contribution in [1.29, 1.82) is 5.26 Å². The highest BCUT2D eigenvalue weighted by atomic mass is 16.5. The molecular weight excluding hydrogens is 240 g/mol. The van der Waals surface area contributed by atoms with Gasteiger partial charge in [0.2, 0.25) is 0 Å². The Balaban J connectivity index is 1.85. The van der Waals surface area contributed by atoms with Crippen LogP contribution in [0.15, 0.2) is 11.6 Å². The van der Waals surface area contributed by atoms with Crippen LogP contribution in [0.4, 0.5) is 0 Å². The average Bonchev–Trinajstić information content (AvgIpc) is 2.31. The van der Waals surface area contributed by atoms with Crippen molar-refractivity contribution in [3.8, 4) is 6.07 Å². The molecule has 0 aromatic rings. The molecule has 1 aliphatic carbocycles. The van der Waals surface area contributed by atoms with E-state index in [0.29, 0.717) is 23.5 Å². The maximum Gasteiger partial charge on any atom is 0.178 e. The van der Waals surface area contributed by atoms with E-state index in [1.807, 2.05) is 19.9 Å². The van der Waals surface area contributed by atoms with Gasteiger partial charge in [0.1, 0.15) is 6.07 Å². The van der Waals surface area contributed by atoms with Crippen LogP contribution < -0.4 is 0 Å². The number of carbonyl (C=O) groups excluding carboxylic acids is 1. The number of piperidine rings is 1. The molecule has 0 N–H and O–H groups in total. The van der Waals surface area contributed by atoms with Crippen LogP contribution in [0, 0.1) is 28.6 Å². The number of ether oxygens (including phenoxy) is 1. The number of likely N-dealkylation sites (tertiary alicyclic amines) is 1. The van der Waals surface area contributed by atoms with E-state index in [2.05, 4.69) is 11.0 Å². The summed E-state index contributed by atoms with van der Waals surface area (Å²) in [5.41, 5.74) is -0.0369. The number of nitriles is 1. The molecule has 0 radical (unpaired) electrons. The lowest BCUT2D eigenvalue weighted by atomic mass is 9.61. The van der Waals surface area contributed by atoms with Gasteiger partial charge >= 0.3 is 0 Å². The van der Waals surface area contributed by atoms with E-state index in [0.717, 1.165) is 32.7 Å². The molecule has 0 saturated carbocycles. The smallest absolute Gasteiger partial charge is 0.178 e. The molecule has 2 unspecified atom stereocenters. The molecule has 0 spiro atoms. The van der Waals surface area contributed by atoms with Gasteiger partial charge < -0.3 is 4.74 Å². The van der Waals surface area contributed by atoms with Crippen LogP contribution in [-0.2, 0) is 9.53 Å². The fourth-order valence-electron chi connectivity index (χ4n) is 3.73. The molecule has 2 heterocycles. The van der Waals surface area contributed by atoms with Crippen molar-refractivity contribution in [1.82, 2.24) is 4.90 Å². The Morgan fingerprint density at radius 1 is 1.47 bits per heavy atom. The van der Waals surface area contributed by atoms with Gasteiger partial charge in [-0.2, -0.15) is 5.26 Å². The number of rotatable bonds is 1. The second-order valence-corrected chi connectivity index (χ2v) is 6.49. The molecule has 3 rings (SSSR count). The predicted molar refractivity (Wildman–Crippen MR) is 70.3 cm³/mol. The first kappa shape index (κ1) is 12.8. The quantitative estimate of drug-likeness (QED) is 0.715. The van der Waals surface area contributed by atoms with E-state index >= 15 is 0 Å². The zero-order valence-electron chi connectivity index (χ0n) is 11.6. The van der Waals surface area contributed by atoms with Crippen LogP contribution in [0.25, 0.3) is 0 Å². The van der Waals surface area contributed by atoms with Crippen molar-refractivity contribution in [2.45, 2.75) is 26.3 Å². The predicted octanol–water partition coefficient (Wildman–Crippen LogP) is 1.38. The number of carbonyl (C=O) groups is 1. The second-order valence-electron chi connectivity index (χ2n) is 6.49. The third-order valence-corrected chi connectivity index (χ3v) is 5.08. The first-order valence-electron chi connectivity index (χ1n) is 7.02. The molecule has 19 heavy (non-hydrogen) atoms. The summed E-state index contributed by atoms with van der Waals surface area (Å²) >= 11 is 0. The summed E-state index contributed by atoms with van der Waals surface area (Å²) in [6, 6.07) is 2.62. The maximum atomic E-state index is 12.3. The largest absolute Gasteiger partial charge is 0.378 e. The summed E-state index contributed by atoms with van der Waals surface area (Å²) in [5, 5.41) is 9.14. The zero-order valence-corrected chi connectivity index (χ0v) is 11.6. The Kier molecular flexibility index (Phi) is 2.99. The molecule has 2 saturated heterocycles. The van der Waals surface area contributed by atoms with Gasteiger partial charge in [0, 0.05) is 12.0 Å². The SMILES string of the molecule is CC1(C)C(=O)C(C#N)=CC2CN(C3COC3)CCC21. The topological polar surface area (TPSA) is 53.3 Å². The van der Waals surface area contributed by atoms with Gasteiger partial charge in [-0.15, -0.1) is 0 Å². The Morgan fingerprint density at radius 2 is 2.21 bits per heavy atom. The molecule has 4 nitrogen and oxygen atoms in total. The standard InChI is InChI=1S/C15H20N2O2/c1-15(2)13-3-4-17(12-8-19-9-12)7-11(13)5-10(6-16)14(15)18/h5,11-13H,3-4,7-9H2,1-2H3. The number of hydrogen-bond donors (Lipinski definition) is 0. The Morgan fingerprint density at radius 3 is 2.79 bits per heavy atom. The van der Waals surface area contributed by atoms with Crippen LogP contribution in [0.3, 0.4) is 0 Å². The highest BCUT2D eigenvalue weighted by Gasteiger charge is 2.48. The van der Waals surface area contributed by atoms with Gasteiger partial charge in [-0.3, -0.25) is 9.69 Å². The Bertz CT molecular complexity index is 471. The van der Waals surface area contributed by atoms with Crippen LogP contribution in [0.2, 0.25) is 0 Å². The van der Waals surface area contributed by atoms with E-state index in [9.17, 15) is 4.79 Å². The molecule has 0 amide bonds. The minimum atomic E-state index is -0.396. The molecule has 102 valence electrons. The van der Waals surface area contributed by atoms with Gasteiger partial charge in [-0.05, 0) is 24.8 Å². The van der Waals surface area contributed by atoms with Crippen molar-refractivity contribution in [3.63, 3.8) is 0 Å². The summed E-state index contributed by atoms with van der Waals surface area (Å²) in [6.45, 7) is 7.66. The van der Waals surface area contributed by atoms with Gasteiger partial charge in [-0.1, -0.05) is 19.9 Å². The van der Waals surface area contributed by atoms with E-state index in [1.54, 1.807) is 0 Å². The number of hydrogen-bond acceptors (Lipinski definition) is 4. The minimum absolute atomic E-state index is 0.0247. The van der Waals surface area contributed by atoms with Gasteiger partial charge in [0.05, 0.1) is 24.8 Å². The molecule has 3 aliphatic rings. The van der Waals surface area contributed by atoms with Crippen molar-refractivity contribution < 1.29 is 9.53 Å². The average molecular weight is 260 g/mol. The molecular formula is C15H20N2O2. The first-order valence-corrected chi connectivity index (χ1v) is 7.02. The lowest BCUT2D eigenvalue weighted by molar-refractivity contribution is -0.131. The van der Waals surface area contributed by atoms with Crippen LogP contribution in [-0.4, -0.2) is 43.0 Å². The van der Waals surface area contributed by atoms with Crippen LogP contribution >= 0.6 is 0 Å². The van der Waals surface area contributed by atoms with Crippen molar-refractivity contribution in [2.75, 3.05) is 26.3 Å². The van der Waals surface area contributed by atoms with Gasteiger partial charge in [0.15, 0.2) is 5.78 Å². The fraction of sp³-hybridized carbons (Fsp3) is 0.733. The minimum Gasteiger partial charge on any atom is -0.378 e. The maximum absolute atomic E-state index is 12.3. The van der Waals surface area contributed by atoms with E-state index in [4.69, 9.17) is 10.00 Å². The number of Topliss-reactive ketones (excluding diaryl/α,β-unsaturated/α-hetero) is 1. The lowest BCUT2D eigenvalue weighted by Crippen LogP contribution is -2.57. The second kappa shape index (κ2) is 4.43. The summed E-state index contributed by atoms with van der Waals surface area (Å²) in [5.74, 6) is 0.725. The fourth-order valence-corrected chi connectivity index (χ4v) is 3.73. The third-order valence-electron chi connectivity index (χ3n) is 5.08. The number of ketones is 1. The van der Waals surface area contributed by atoms with Crippen LogP contribution in [0.5, 0.6) is 0 Å². The van der Waals surface area contributed by atoms with Gasteiger partial charge in [0.25, 0.3) is 0 Å². The zero-order chi connectivity index (χ0) is 13.6. The number of allylic oxidation sites excluding steroid dienone is 1. The lowest BCUT2D eigenvalue weighted by Gasteiger charge is -2.49. The van der Waals surface area contributed by atoms with E-state index < -0.39 is 5.41 Å². The Labute approximate surface area is 114 Å². The molecule has 2 atom stereocenters. The third kappa shape index (κ3) is 1.92. The van der Waals surface area contributed by atoms with Crippen molar-refractivity contribution in [3.05, 3.63) is 11.6 Å². The normalized spacial score (nSPS) is 35.0. The number of fused-ring (bicyclic) bond motifs is 1. The highest BCUT2D eigenvalue weighted by Crippen LogP contribution is 2.45. The summed E-state index contributed by atoms with van der Waals surface area (Å²) in [6.07, 6.45) is 2.96. The summed E-state index contributed by atoms with van der Waals surface area (Å²) < 4.78 is 5.26. The first-order chi connectivity index (χ1) is 9.04. The molecule has 2 fully saturated rings. The number of nitrogens with zero attached hydrogens (tertiary/aromatic N) is 2. The van der Waals surface area contributed by atoms with Gasteiger partial charge in [-0.25, -0.2) is 0 Å². The van der Waals surface area contributed by atoms with Crippen LogP contribution in [0.1, 0.15) is 20.3 Å². The molecule has 0 bridgehead atoms.